The summed E-state index contributed by atoms with van der Waals surface area (Å²) in [4.78, 5) is 14.3. The predicted octanol–water partition coefficient (Wildman–Crippen LogP) is 4.04. The average molecular weight is 282 g/mol. The van der Waals surface area contributed by atoms with E-state index in [9.17, 15) is 10.1 Å². The van der Waals surface area contributed by atoms with E-state index < -0.39 is 4.92 Å². The third-order valence-corrected chi connectivity index (χ3v) is 2.82. The van der Waals surface area contributed by atoms with Gasteiger partial charge >= 0.3 is 5.69 Å². The molecule has 0 atom stereocenters. The van der Waals surface area contributed by atoms with E-state index in [2.05, 4.69) is 4.98 Å². The summed E-state index contributed by atoms with van der Waals surface area (Å²) >= 11 is 0. The summed E-state index contributed by atoms with van der Waals surface area (Å²) in [6, 6.07) is 13.5. The topological polar surface area (TPSA) is 78.4 Å². The SMILES string of the molecule is O=[N+]([O-])c1cccnc1Oc1ccc(-c2ccco2)cc1. The van der Waals surface area contributed by atoms with Gasteiger partial charge in [-0.05, 0) is 42.5 Å². The van der Waals surface area contributed by atoms with Gasteiger partial charge in [0.05, 0.1) is 11.2 Å². The standard InChI is InChI=1S/C15H10N2O4/c18-17(19)13-3-1-9-16-15(13)21-12-7-5-11(6-8-12)14-4-2-10-20-14/h1-10H. The molecule has 0 radical (unpaired) electrons. The van der Waals surface area contributed by atoms with E-state index in [1.165, 1.54) is 18.3 Å². The quantitative estimate of drug-likeness (QED) is 0.533. The number of benzene rings is 1. The van der Waals surface area contributed by atoms with Crippen molar-refractivity contribution < 1.29 is 14.1 Å². The van der Waals surface area contributed by atoms with Crippen LogP contribution in [0.5, 0.6) is 11.6 Å². The van der Waals surface area contributed by atoms with E-state index in [4.69, 9.17) is 9.15 Å². The van der Waals surface area contributed by atoms with Crippen molar-refractivity contribution in [2.24, 2.45) is 0 Å². The molecule has 0 aliphatic rings. The minimum atomic E-state index is -0.528. The summed E-state index contributed by atoms with van der Waals surface area (Å²) in [6.45, 7) is 0. The first-order chi connectivity index (χ1) is 10.2. The van der Waals surface area contributed by atoms with Crippen molar-refractivity contribution in [3.63, 3.8) is 0 Å². The van der Waals surface area contributed by atoms with E-state index in [1.54, 1.807) is 24.5 Å². The smallest absolute Gasteiger partial charge is 0.331 e. The lowest BCUT2D eigenvalue weighted by Crippen LogP contribution is -1.95. The fourth-order valence-corrected chi connectivity index (χ4v) is 1.84. The minimum absolute atomic E-state index is 0.0340. The van der Waals surface area contributed by atoms with Crippen molar-refractivity contribution in [1.82, 2.24) is 4.98 Å². The molecule has 0 fully saturated rings. The Kier molecular flexibility index (Phi) is 3.34. The van der Waals surface area contributed by atoms with Gasteiger partial charge in [0.2, 0.25) is 0 Å². The van der Waals surface area contributed by atoms with Crippen LogP contribution < -0.4 is 4.74 Å². The van der Waals surface area contributed by atoms with Crippen molar-refractivity contribution in [2.45, 2.75) is 0 Å². The zero-order chi connectivity index (χ0) is 14.7. The zero-order valence-corrected chi connectivity index (χ0v) is 10.8. The molecule has 2 aromatic heterocycles. The lowest BCUT2D eigenvalue weighted by molar-refractivity contribution is -0.386. The van der Waals surface area contributed by atoms with Crippen molar-refractivity contribution in [3.8, 4) is 23.0 Å². The second-order valence-corrected chi connectivity index (χ2v) is 4.19. The lowest BCUT2D eigenvalue weighted by atomic mass is 10.2. The number of ether oxygens (including phenoxy) is 1. The first-order valence-electron chi connectivity index (χ1n) is 6.15. The molecule has 1 aromatic carbocycles. The maximum Gasteiger partial charge on any atom is 0.331 e. The second-order valence-electron chi connectivity index (χ2n) is 4.19. The lowest BCUT2D eigenvalue weighted by Gasteiger charge is -2.05. The minimum Gasteiger partial charge on any atom is -0.464 e. The first kappa shape index (κ1) is 12.9. The molecular weight excluding hydrogens is 272 g/mol. The number of nitrogens with zero attached hydrogens (tertiary/aromatic N) is 2. The highest BCUT2D eigenvalue weighted by molar-refractivity contribution is 5.58. The van der Waals surface area contributed by atoms with E-state index in [0.717, 1.165) is 11.3 Å². The maximum absolute atomic E-state index is 10.9. The van der Waals surface area contributed by atoms with Crippen LogP contribution in [0.25, 0.3) is 11.3 Å². The Morgan fingerprint density at radius 1 is 1.10 bits per heavy atom. The molecular formula is C15H10N2O4. The van der Waals surface area contributed by atoms with Crippen LogP contribution in [0, 0.1) is 10.1 Å². The third-order valence-electron chi connectivity index (χ3n) is 2.82. The highest BCUT2D eigenvalue weighted by Crippen LogP contribution is 2.30. The monoisotopic (exact) mass is 282 g/mol. The molecule has 21 heavy (non-hydrogen) atoms. The molecule has 6 heteroatoms. The molecule has 0 aliphatic carbocycles. The first-order valence-corrected chi connectivity index (χ1v) is 6.15. The Hall–Kier alpha value is -3.15. The number of hydrogen-bond donors (Lipinski definition) is 0. The molecule has 0 unspecified atom stereocenters. The predicted molar refractivity (Wildman–Crippen MR) is 75.1 cm³/mol. The molecule has 0 amide bonds. The summed E-state index contributed by atoms with van der Waals surface area (Å²) in [5, 5.41) is 10.9. The van der Waals surface area contributed by atoms with Crippen LogP contribution in [0.1, 0.15) is 0 Å². The summed E-state index contributed by atoms with van der Waals surface area (Å²) in [6.07, 6.45) is 3.04. The van der Waals surface area contributed by atoms with Crippen molar-refractivity contribution in [3.05, 3.63) is 71.1 Å². The summed E-state index contributed by atoms with van der Waals surface area (Å²) < 4.78 is 10.7. The van der Waals surface area contributed by atoms with Crippen molar-refractivity contribution >= 4 is 5.69 Å². The summed E-state index contributed by atoms with van der Waals surface area (Å²) in [5.74, 6) is 1.17. The van der Waals surface area contributed by atoms with E-state index >= 15 is 0 Å². The van der Waals surface area contributed by atoms with Gasteiger partial charge in [-0.15, -0.1) is 0 Å². The summed E-state index contributed by atoms with van der Waals surface area (Å²) in [7, 11) is 0. The number of pyridine rings is 1. The van der Waals surface area contributed by atoms with Crippen LogP contribution >= 0.6 is 0 Å². The Balaban J connectivity index is 1.84. The molecule has 104 valence electrons. The molecule has 0 saturated heterocycles. The molecule has 0 spiro atoms. The van der Waals surface area contributed by atoms with E-state index in [-0.39, 0.29) is 11.6 Å². The molecule has 6 nitrogen and oxygen atoms in total. The van der Waals surface area contributed by atoms with Crippen LogP contribution in [0.4, 0.5) is 5.69 Å². The van der Waals surface area contributed by atoms with E-state index in [0.29, 0.717) is 5.75 Å². The normalized spacial score (nSPS) is 10.3. The van der Waals surface area contributed by atoms with Crippen LogP contribution in [0.15, 0.2) is 65.4 Å². The van der Waals surface area contributed by atoms with Crippen LogP contribution in [0.3, 0.4) is 0 Å². The number of aromatic nitrogens is 1. The van der Waals surface area contributed by atoms with Crippen LogP contribution in [-0.4, -0.2) is 9.91 Å². The highest BCUT2D eigenvalue weighted by Gasteiger charge is 2.16. The van der Waals surface area contributed by atoms with Crippen LogP contribution in [-0.2, 0) is 0 Å². The molecule has 0 saturated carbocycles. The Morgan fingerprint density at radius 2 is 1.90 bits per heavy atom. The van der Waals surface area contributed by atoms with Gasteiger partial charge in [-0.3, -0.25) is 10.1 Å². The largest absolute Gasteiger partial charge is 0.464 e. The molecule has 2 heterocycles. The number of nitro groups is 1. The van der Waals surface area contributed by atoms with Gasteiger partial charge in [-0.2, -0.15) is 0 Å². The van der Waals surface area contributed by atoms with Gasteiger partial charge in [-0.25, -0.2) is 4.98 Å². The van der Waals surface area contributed by atoms with Gasteiger partial charge in [-0.1, -0.05) is 0 Å². The molecule has 3 rings (SSSR count). The van der Waals surface area contributed by atoms with Gasteiger partial charge in [0, 0.05) is 17.8 Å². The third kappa shape index (κ3) is 2.74. The molecule has 0 N–H and O–H groups in total. The Bertz CT molecular complexity index is 752. The highest BCUT2D eigenvalue weighted by atomic mass is 16.6. The van der Waals surface area contributed by atoms with Crippen molar-refractivity contribution in [2.75, 3.05) is 0 Å². The molecule has 3 aromatic rings. The number of furan rings is 1. The fraction of sp³-hybridized carbons (Fsp3) is 0. The van der Waals surface area contributed by atoms with Gasteiger partial charge in [0.15, 0.2) is 0 Å². The van der Waals surface area contributed by atoms with Crippen molar-refractivity contribution in [1.29, 1.82) is 0 Å². The average Bonchev–Trinajstić information content (AvgIpc) is 3.03. The maximum atomic E-state index is 10.9. The number of rotatable bonds is 4. The fourth-order valence-electron chi connectivity index (χ4n) is 1.84. The zero-order valence-electron chi connectivity index (χ0n) is 10.8. The number of hydrogen-bond acceptors (Lipinski definition) is 5. The summed E-state index contributed by atoms with van der Waals surface area (Å²) in [5.41, 5.74) is 0.718. The van der Waals surface area contributed by atoms with Gasteiger partial charge in [0.1, 0.15) is 11.5 Å². The van der Waals surface area contributed by atoms with Gasteiger partial charge < -0.3 is 9.15 Å². The second kappa shape index (κ2) is 5.46. The molecule has 0 aliphatic heterocycles. The molecule has 0 bridgehead atoms. The van der Waals surface area contributed by atoms with Gasteiger partial charge in [0.25, 0.3) is 5.88 Å². The van der Waals surface area contributed by atoms with Crippen LogP contribution in [0.2, 0.25) is 0 Å². The Morgan fingerprint density at radius 3 is 2.57 bits per heavy atom. The Labute approximate surface area is 119 Å². The van der Waals surface area contributed by atoms with E-state index in [1.807, 2.05) is 18.2 Å².